The summed E-state index contributed by atoms with van der Waals surface area (Å²) < 4.78 is 1.49. The number of nitriles is 1. The van der Waals surface area contributed by atoms with Crippen LogP contribution in [-0.4, -0.2) is 15.7 Å². The SMILES string of the molecule is Cn1cc(C#N)c(NC(=O)c2cccs2)n1. The summed E-state index contributed by atoms with van der Waals surface area (Å²) in [6.45, 7) is 0. The van der Waals surface area contributed by atoms with Crippen LogP contribution in [0.25, 0.3) is 0 Å². The molecule has 0 radical (unpaired) electrons. The summed E-state index contributed by atoms with van der Waals surface area (Å²) in [6, 6.07) is 5.48. The molecule has 0 spiro atoms. The molecule has 0 bridgehead atoms. The molecule has 0 fully saturated rings. The monoisotopic (exact) mass is 232 g/mol. The van der Waals surface area contributed by atoms with E-state index < -0.39 is 0 Å². The van der Waals surface area contributed by atoms with E-state index in [2.05, 4.69) is 10.4 Å². The zero-order valence-electron chi connectivity index (χ0n) is 8.47. The molecule has 0 atom stereocenters. The first-order valence-corrected chi connectivity index (χ1v) is 5.37. The minimum Gasteiger partial charge on any atom is -0.303 e. The maximum Gasteiger partial charge on any atom is 0.266 e. The number of aryl methyl sites for hydroxylation is 1. The Morgan fingerprint density at radius 1 is 1.69 bits per heavy atom. The van der Waals surface area contributed by atoms with Gasteiger partial charge in [-0.2, -0.15) is 10.4 Å². The average Bonchev–Trinajstić information content (AvgIpc) is 2.87. The van der Waals surface area contributed by atoms with E-state index in [-0.39, 0.29) is 5.91 Å². The maximum absolute atomic E-state index is 11.7. The third-order valence-corrected chi connectivity index (χ3v) is 2.79. The zero-order valence-corrected chi connectivity index (χ0v) is 9.28. The highest BCUT2D eigenvalue weighted by Crippen LogP contribution is 2.14. The number of hydrogen-bond donors (Lipinski definition) is 1. The number of carbonyl (C=O) groups excluding carboxylic acids is 1. The van der Waals surface area contributed by atoms with Gasteiger partial charge in [-0.1, -0.05) is 6.07 Å². The minimum atomic E-state index is -0.245. The molecule has 0 aromatic carbocycles. The van der Waals surface area contributed by atoms with Gasteiger partial charge in [-0.25, -0.2) is 0 Å². The van der Waals surface area contributed by atoms with Crippen molar-refractivity contribution in [2.24, 2.45) is 7.05 Å². The van der Waals surface area contributed by atoms with Gasteiger partial charge in [-0.05, 0) is 11.4 Å². The van der Waals surface area contributed by atoms with E-state index in [9.17, 15) is 4.79 Å². The molecular weight excluding hydrogens is 224 g/mol. The number of carbonyl (C=O) groups is 1. The molecule has 2 rings (SSSR count). The van der Waals surface area contributed by atoms with E-state index in [1.165, 1.54) is 16.0 Å². The average molecular weight is 232 g/mol. The molecule has 16 heavy (non-hydrogen) atoms. The normalized spacial score (nSPS) is 9.75. The smallest absolute Gasteiger partial charge is 0.266 e. The van der Waals surface area contributed by atoms with Crippen molar-refractivity contribution in [3.05, 3.63) is 34.2 Å². The van der Waals surface area contributed by atoms with Crippen LogP contribution in [0.15, 0.2) is 23.7 Å². The third-order valence-electron chi connectivity index (χ3n) is 1.93. The summed E-state index contributed by atoms with van der Waals surface area (Å²) >= 11 is 1.34. The summed E-state index contributed by atoms with van der Waals surface area (Å²) in [7, 11) is 1.70. The highest BCUT2D eigenvalue weighted by atomic mass is 32.1. The summed E-state index contributed by atoms with van der Waals surface area (Å²) in [5.41, 5.74) is 0.354. The van der Waals surface area contributed by atoms with Crippen LogP contribution < -0.4 is 5.32 Å². The van der Waals surface area contributed by atoms with Crippen molar-refractivity contribution in [1.82, 2.24) is 9.78 Å². The van der Waals surface area contributed by atoms with Crippen LogP contribution in [-0.2, 0) is 7.05 Å². The fraction of sp³-hybridized carbons (Fsp3) is 0.100. The second-order valence-corrected chi connectivity index (χ2v) is 4.06. The quantitative estimate of drug-likeness (QED) is 0.855. The fourth-order valence-corrected chi connectivity index (χ4v) is 1.86. The number of rotatable bonds is 2. The molecule has 2 aromatic heterocycles. The molecule has 6 heteroatoms. The Bertz CT molecular complexity index is 550. The standard InChI is InChI=1S/C10H8N4OS/c1-14-6-7(5-11)9(13-14)12-10(15)8-3-2-4-16-8/h2-4,6H,1H3,(H,12,13,15). The molecule has 1 N–H and O–H groups in total. The van der Waals surface area contributed by atoms with E-state index in [1.54, 1.807) is 25.4 Å². The number of nitrogens with one attached hydrogen (secondary N) is 1. The van der Waals surface area contributed by atoms with Crippen molar-refractivity contribution in [1.29, 1.82) is 5.26 Å². The molecule has 2 heterocycles. The zero-order chi connectivity index (χ0) is 11.5. The maximum atomic E-state index is 11.7. The van der Waals surface area contributed by atoms with E-state index in [0.29, 0.717) is 16.3 Å². The minimum absolute atomic E-state index is 0.245. The van der Waals surface area contributed by atoms with Gasteiger partial charge in [0.15, 0.2) is 5.82 Å². The van der Waals surface area contributed by atoms with Crippen LogP contribution in [0, 0.1) is 11.3 Å². The van der Waals surface area contributed by atoms with Gasteiger partial charge >= 0.3 is 0 Å². The van der Waals surface area contributed by atoms with Crippen molar-refractivity contribution in [2.45, 2.75) is 0 Å². The van der Waals surface area contributed by atoms with Crippen molar-refractivity contribution < 1.29 is 4.79 Å². The van der Waals surface area contributed by atoms with Crippen LogP contribution in [0.1, 0.15) is 15.2 Å². The summed E-state index contributed by atoms with van der Waals surface area (Å²) in [6.07, 6.45) is 1.56. The lowest BCUT2D eigenvalue weighted by molar-refractivity contribution is 0.103. The van der Waals surface area contributed by atoms with Gasteiger partial charge in [0, 0.05) is 13.2 Å². The van der Waals surface area contributed by atoms with Crippen LogP contribution in [0.2, 0.25) is 0 Å². The summed E-state index contributed by atoms with van der Waals surface area (Å²) in [5.74, 6) is 0.0496. The molecule has 2 aromatic rings. The number of anilines is 1. The molecule has 0 unspecified atom stereocenters. The summed E-state index contributed by atoms with van der Waals surface area (Å²) in [4.78, 5) is 12.3. The van der Waals surface area contributed by atoms with E-state index in [4.69, 9.17) is 5.26 Å². The van der Waals surface area contributed by atoms with Gasteiger partial charge in [-0.15, -0.1) is 11.3 Å². The third kappa shape index (κ3) is 1.94. The molecule has 0 aliphatic heterocycles. The van der Waals surface area contributed by atoms with E-state index in [1.807, 2.05) is 11.4 Å². The number of thiophene rings is 1. The highest BCUT2D eigenvalue weighted by molar-refractivity contribution is 7.12. The van der Waals surface area contributed by atoms with Crippen molar-refractivity contribution in [2.75, 3.05) is 5.32 Å². The molecule has 0 aliphatic carbocycles. The Kier molecular flexibility index (Phi) is 2.70. The fourth-order valence-electron chi connectivity index (χ4n) is 1.24. The van der Waals surface area contributed by atoms with Crippen molar-refractivity contribution in [3.63, 3.8) is 0 Å². The summed E-state index contributed by atoms with van der Waals surface area (Å²) in [5, 5.41) is 17.2. The predicted molar refractivity (Wildman–Crippen MR) is 60.2 cm³/mol. The number of amides is 1. The van der Waals surface area contributed by atoms with E-state index >= 15 is 0 Å². The second-order valence-electron chi connectivity index (χ2n) is 3.11. The Labute approximate surface area is 95.9 Å². The topological polar surface area (TPSA) is 70.7 Å². The number of aromatic nitrogens is 2. The van der Waals surface area contributed by atoms with Gasteiger partial charge in [-0.3, -0.25) is 9.48 Å². The Morgan fingerprint density at radius 2 is 2.50 bits per heavy atom. The first-order chi connectivity index (χ1) is 7.70. The molecule has 80 valence electrons. The van der Waals surface area contributed by atoms with Crippen LogP contribution in [0.3, 0.4) is 0 Å². The van der Waals surface area contributed by atoms with Crippen molar-refractivity contribution in [3.8, 4) is 6.07 Å². The Balaban J connectivity index is 2.22. The lowest BCUT2D eigenvalue weighted by Gasteiger charge is -1.98. The second kappa shape index (κ2) is 4.16. The van der Waals surface area contributed by atoms with E-state index in [0.717, 1.165) is 0 Å². The number of nitrogens with zero attached hydrogens (tertiary/aromatic N) is 3. The largest absolute Gasteiger partial charge is 0.303 e. The van der Waals surface area contributed by atoms with Gasteiger partial charge in [0.2, 0.25) is 0 Å². The lowest BCUT2D eigenvalue weighted by Crippen LogP contribution is -2.11. The molecule has 0 saturated carbocycles. The highest BCUT2D eigenvalue weighted by Gasteiger charge is 2.12. The van der Waals surface area contributed by atoms with Crippen LogP contribution in [0.4, 0.5) is 5.82 Å². The van der Waals surface area contributed by atoms with Crippen LogP contribution >= 0.6 is 11.3 Å². The van der Waals surface area contributed by atoms with Gasteiger partial charge < -0.3 is 5.32 Å². The first kappa shape index (κ1) is 10.4. The van der Waals surface area contributed by atoms with Gasteiger partial charge in [0.05, 0.1) is 4.88 Å². The van der Waals surface area contributed by atoms with Crippen LogP contribution in [0.5, 0.6) is 0 Å². The molecule has 0 aliphatic rings. The molecular formula is C10H8N4OS. The van der Waals surface area contributed by atoms with Gasteiger partial charge in [0.25, 0.3) is 5.91 Å². The van der Waals surface area contributed by atoms with Crippen molar-refractivity contribution >= 4 is 23.1 Å². The molecule has 1 amide bonds. The first-order valence-electron chi connectivity index (χ1n) is 4.49. The van der Waals surface area contributed by atoms with Gasteiger partial charge in [0.1, 0.15) is 11.6 Å². The number of hydrogen-bond acceptors (Lipinski definition) is 4. The Morgan fingerprint density at radius 3 is 3.12 bits per heavy atom. The molecule has 5 nitrogen and oxygen atoms in total. The predicted octanol–water partition coefficient (Wildman–Crippen LogP) is 1.61. The Hall–Kier alpha value is -2.13. The molecule has 0 saturated heterocycles. The lowest BCUT2D eigenvalue weighted by atomic mass is 10.3.